The Balaban J connectivity index is 2.36. The van der Waals surface area contributed by atoms with Gasteiger partial charge in [0.05, 0.1) is 13.2 Å². The minimum atomic E-state index is -0.329. The first-order chi connectivity index (χ1) is 8.08. The van der Waals surface area contributed by atoms with Crippen LogP contribution in [0.4, 0.5) is 0 Å². The predicted molar refractivity (Wildman–Crippen MR) is 69.7 cm³/mol. The number of hydrogen-bond acceptors (Lipinski definition) is 2. The summed E-state index contributed by atoms with van der Waals surface area (Å²) in [7, 11) is 0. The fourth-order valence-electron chi connectivity index (χ4n) is 2.11. The molecule has 0 amide bonds. The Morgan fingerprint density at radius 2 is 2.35 bits per heavy atom. The quantitative estimate of drug-likeness (QED) is 0.835. The number of rotatable bonds is 4. The van der Waals surface area contributed by atoms with Crippen LogP contribution in [0, 0.1) is 5.41 Å². The van der Waals surface area contributed by atoms with Gasteiger partial charge in [-0.3, -0.25) is 0 Å². The Bertz CT molecular complexity index is 442. The van der Waals surface area contributed by atoms with Crippen LogP contribution in [0.25, 0.3) is 0 Å². The normalized spacial score (nSPS) is 17.1. The van der Waals surface area contributed by atoms with E-state index in [0.29, 0.717) is 13.0 Å². The summed E-state index contributed by atoms with van der Waals surface area (Å²) < 4.78 is 5.64. The molecule has 2 nitrogen and oxygen atoms in total. The number of aliphatic hydroxyl groups is 1. The molecule has 1 aliphatic rings. The van der Waals surface area contributed by atoms with Gasteiger partial charge < -0.3 is 9.84 Å². The van der Waals surface area contributed by atoms with Gasteiger partial charge in [0.2, 0.25) is 0 Å². The van der Waals surface area contributed by atoms with Crippen molar-refractivity contribution in [3.63, 3.8) is 0 Å². The molecule has 1 aromatic rings. The SMILES string of the molecule is C=CC(C)(CO)Cc1cc(Cl)cc2c1OCC2. The van der Waals surface area contributed by atoms with Crippen LogP contribution >= 0.6 is 11.6 Å². The molecule has 0 fully saturated rings. The summed E-state index contributed by atoms with van der Waals surface area (Å²) in [5.74, 6) is 0.941. The third-order valence-corrected chi connectivity index (χ3v) is 3.49. The van der Waals surface area contributed by atoms with Gasteiger partial charge in [0.15, 0.2) is 0 Å². The molecular weight excluding hydrogens is 236 g/mol. The topological polar surface area (TPSA) is 29.5 Å². The lowest BCUT2D eigenvalue weighted by Gasteiger charge is -2.24. The Morgan fingerprint density at radius 3 is 3.00 bits per heavy atom. The highest BCUT2D eigenvalue weighted by molar-refractivity contribution is 6.30. The van der Waals surface area contributed by atoms with E-state index in [1.807, 2.05) is 19.1 Å². The molecule has 2 rings (SSSR count). The molecular formula is C14H17ClO2. The Kier molecular flexibility index (Phi) is 3.45. The van der Waals surface area contributed by atoms with Gasteiger partial charge in [-0.1, -0.05) is 24.6 Å². The van der Waals surface area contributed by atoms with Gasteiger partial charge in [0, 0.05) is 16.9 Å². The molecule has 17 heavy (non-hydrogen) atoms. The second-order valence-electron chi connectivity index (χ2n) is 4.84. The van der Waals surface area contributed by atoms with Crippen LogP contribution < -0.4 is 4.74 Å². The summed E-state index contributed by atoms with van der Waals surface area (Å²) in [4.78, 5) is 0. The van der Waals surface area contributed by atoms with E-state index in [1.165, 1.54) is 0 Å². The van der Waals surface area contributed by atoms with Crippen LogP contribution in [-0.2, 0) is 12.8 Å². The summed E-state index contributed by atoms with van der Waals surface area (Å²) in [6.07, 6.45) is 3.39. The smallest absolute Gasteiger partial charge is 0.125 e. The fourth-order valence-corrected chi connectivity index (χ4v) is 2.37. The van der Waals surface area contributed by atoms with Crippen molar-refractivity contribution in [2.24, 2.45) is 5.41 Å². The Labute approximate surface area is 107 Å². The van der Waals surface area contributed by atoms with Crippen LogP contribution in [0.15, 0.2) is 24.8 Å². The molecule has 0 bridgehead atoms. The van der Waals surface area contributed by atoms with Crippen LogP contribution in [-0.4, -0.2) is 18.3 Å². The zero-order valence-corrected chi connectivity index (χ0v) is 10.8. The average molecular weight is 253 g/mol. The molecule has 0 spiro atoms. The van der Waals surface area contributed by atoms with Gasteiger partial charge in [-0.15, -0.1) is 6.58 Å². The van der Waals surface area contributed by atoms with Crippen molar-refractivity contribution in [2.45, 2.75) is 19.8 Å². The highest BCUT2D eigenvalue weighted by atomic mass is 35.5. The number of fused-ring (bicyclic) bond motifs is 1. The van der Waals surface area contributed by atoms with Crippen molar-refractivity contribution < 1.29 is 9.84 Å². The first-order valence-corrected chi connectivity index (χ1v) is 6.14. The van der Waals surface area contributed by atoms with Gasteiger partial charge in [0.25, 0.3) is 0 Å². The number of benzene rings is 1. The molecule has 0 saturated carbocycles. The Morgan fingerprint density at radius 1 is 1.59 bits per heavy atom. The van der Waals surface area contributed by atoms with Crippen molar-refractivity contribution in [1.29, 1.82) is 0 Å². The van der Waals surface area contributed by atoms with Crippen molar-refractivity contribution in [1.82, 2.24) is 0 Å². The third-order valence-electron chi connectivity index (χ3n) is 3.27. The molecule has 1 unspecified atom stereocenters. The summed E-state index contributed by atoms with van der Waals surface area (Å²) in [6, 6.07) is 3.88. The minimum absolute atomic E-state index is 0.0672. The van der Waals surface area contributed by atoms with Gasteiger partial charge >= 0.3 is 0 Å². The zero-order chi connectivity index (χ0) is 12.5. The van der Waals surface area contributed by atoms with Crippen molar-refractivity contribution in [3.8, 4) is 5.75 Å². The maximum absolute atomic E-state index is 9.42. The lowest BCUT2D eigenvalue weighted by atomic mass is 9.84. The number of aliphatic hydroxyl groups excluding tert-OH is 1. The molecule has 0 aliphatic carbocycles. The van der Waals surface area contributed by atoms with E-state index in [-0.39, 0.29) is 12.0 Å². The average Bonchev–Trinajstić information content (AvgIpc) is 2.77. The lowest BCUT2D eigenvalue weighted by molar-refractivity contribution is 0.183. The van der Waals surface area contributed by atoms with Gasteiger partial charge in [0.1, 0.15) is 5.75 Å². The van der Waals surface area contributed by atoms with E-state index in [9.17, 15) is 5.11 Å². The third kappa shape index (κ3) is 2.48. The summed E-state index contributed by atoms with van der Waals surface area (Å²) in [5, 5.41) is 10.1. The van der Waals surface area contributed by atoms with E-state index in [2.05, 4.69) is 6.58 Å². The standard InChI is InChI=1S/C14H17ClO2/c1-3-14(2,9-16)8-11-7-12(15)6-10-4-5-17-13(10)11/h3,6-7,16H,1,4-5,8-9H2,2H3. The monoisotopic (exact) mass is 252 g/mol. The maximum Gasteiger partial charge on any atom is 0.125 e. The van der Waals surface area contributed by atoms with E-state index in [4.69, 9.17) is 16.3 Å². The van der Waals surface area contributed by atoms with Gasteiger partial charge in [-0.25, -0.2) is 0 Å². The second-order valence-corrected chi connectivity index (χ2v) is 5.28. The second kappa shape index (κ2) is 4.71. The first kappa shape index (κ1) is 12.5. The van der Waals surface area contributed by atoms with Crippen LogP contribution in [0.1, 0.15) is 18.1 Å². The predicted octanol–water partition coefficient (Wildman–Crippen LogP) is 3.00. The summed E-state index contributed by atoms with van der Waals surface area (Å²) in [5.41, 5.74) is 1.89. The van der Waals surface area contributed by atoms with E-state index in [1.54, 1.807) is 6.08 Å². The zero-order valence-electron chi connectivity index (χ0n) is 10.0. The lowest BCUT2D eigenvalue weighted by Crippen LogP contribution is -2.21. The van der Waals surface area contributed by atoms with Crippen molar-refractivity contribution in [3.05, 3.63) is 40.9 Å². The molecule has 0 radical (unpaired) electrons. The largest absolute Gasteiger partial charge is 0.493 e. The van der Waals surface area contributed by atoms with Crippen LogP contribution in [0.2, 0.25) is 5.02 Å². The number of ether oxygens (including phenoxy) is 1. The molecule has 1 heterocycles. The van der Waals surface area contributed by atoms with E-state index in [0.717, 1.165) is 28.3 Å². The van der Waals surface area contributed by atoms with Crippen molar-refractivity contribution in [2.75, 3.05) is 13.2 Å². The molecule has 1 N–H and O–H groups in total. The van der Waals surface area contributed by atoms with Crippen molar-refractivity contribution >= 4 is 11.6 Å². The van der Waals surface area contributed by atoms with E-state index >= 15 is 0 Å². The Hall–Kier alpha value is -0.990. The maximum atomic E-state index is 9.42. The van der Waals surface area contributed by atoms with E-state index < -0.39 is 0 Å². The first-order valence-electron chi connectivity index (χ1n) is 5.76. The molecule has 1 aliphatic heterocycles. The molecule has 92 valence electrons. The summed E-state index contributed by atoms with van der Waals surface area (Å²) >= 11 is 6.10. The molecule has 1 atom stereocenters. The van der Waals surface area contributed by atoms with Crippen LogP contribution in [0.3, 0.4) is 0 Å². The minimum Gasteiger partial charge on any atom is -0.493 e. The fraction of sp³-hybridized carbons (Fsp3) is 0.429. The van der Waals surface area contributed by atoms with Gasteiger partial charge in [-0.05, 0) is 29.7 Å². The molecule has 0 aromatic heterocycles. The van der Waals surface area contributed by atoms with Gasteiger partial charge in [-0.2, -0.15) is 0 Å². The van der Waals surface area contributed by atoms with Crippen LogP contribution in [0.5, 0.6) is 5.75 Å². The molecule has 1 aromatic carbocycles. The summed E-state index contributed by atoms with van der Waals surface area (Å²) in [6.45, 7) is 6.54. The molecule has 3 heteroatoms. The highest BCUT2D eigenvalue weighted by Crippen LogP contribution is 2.36. The molecule has 0 saturated heterocycles. The highest BCUT2D eigenvalue weighted by Gasteiger charge is 2.25. The number of halogens is 1. The number of hydrogen-bond donors (Lipinski definition) is 1.